The number of thiophene rings is 1. The molecule has 1 aromatic heterocycles. The number of nitrogens with one attached hydrogen (secondary N) is 1. The van der Waals surface area contributed by atoms with Gasteiger partial charge in [-0.3, -0.25) is 4.79 Å². The molecule has 1 aliphatic carbocycles. The molecule has 1 heterocycles. The van der Waals surface area contributed by atoms with Crippen molar-refractivity contribution >= 4 is 28.8 Å². The third-order valence-corrected chi connectivity index (χ3v) is 4.65. The molecule has 2 atom stereocenters. The Bertz CT molecular complexity index is 625. The zero-order chi connectivity index (χ0) is 13.4. The number of aliphatic hydroxyl groups is 1. The lowest BCUT2D eigenvalue weighted by molar-refractivity contribution is 0.0862. The standard InChI is InChI=1S/C14H12ClNO2S/c15-10-5-6-19-13(10)14(18)16-12-9-4-2-1-3-8(9)7-11(12)17/h1-6,11-12,17H,7H2,(H,16,18)/t11-,12+/m0/s1. The van der Waals surface area contributed by atoms with Crippen molar-refractivity contribution in [3.05, 3.63) is 56.7 Å². The second-order valence-electron chi connectivity index (χ2n) is 4.52. The molecule has 1 aromatic carbocycles. The maximum Gasteiger partial charge on any atom is 0.263 e. The van der Waals surface area contributed by atoms with Crippen molar-refractivity contribution in [1.29, 1.82) is 0 Å². The van der Waals surface area contributed by atoms with E-state index in [9.17, 15) is 9.90 Å². The molecule has 3 rings (SSSR count). The molecule has 0 fully saturated rings. The van der Waals surface area contributed by atoms with Crippen LogP contribution in [0.15, 0.2) is 35.7 Å². The normalized spacial score (nSPS) is 21.2. The van der Waals surface area contributed by atoms with E-state index in [1.807, 2.05) is 24.3 Å². The van der Waals surface area contributed by atoms with Gasteiger partial charge in [-0.2, -0.15) is 0 Å². The van der Waals surface area contributed by atoms with E-state index in [1.165, 1.54) is 11.3 Å². The third kappa shape index (κ3) is 2.27. The van der Waals surface area contributed by atoms with Crippen LogP contribution in [0.25, 0.3) is 0 Å². The lowest BCUT2D eigenvalue weighted by Crippen LogP contribution is -2.33. The Morgan fingerprint density at radius 2 is 2.16 bits per heavy atom. The SMILES string of the molecule is O=C(N[C@@H]1c2ccccc2C[C@@H]1O)c1sccc1Cl. The second-order valence-corrected chi connectivity index (χ2v) is 5.84. The van der Waals surface area contributed by atoms with E-state index in [1.54, 1.807) is 11.4 Å². The molecule has 2 aromatic rings. The van der Waals surface area contributed by atoms with Gasteiger partial charge in [0.05, 0.1) is 17.2 Å². The van der Waals surface area contributed by atoms with Crippen LogP contribution in [0.4, 0.5) is 0 Å². The zero-order valence-corrected chi connectivity index (χ0v) is 11.5. The summed E-state index contributed by atoms with van der Waals surface area (Å²) in [5, 5.41) is 15.2. The third-order valence-electron chi connectivity index (χ3n) is 3.31. The molecule has 0 bridgehead atoms. The zero-order valence-electron chi connectivity index (χ0n) is 9.97. The quantitative estimate of drug-likeness (QED) is 0.894. The first-order valence-electron chi connectivity index (χ1n) is 5.96. The van der Waals surface area contributed by atoms with Crippen LogP contribution in [0, 0.1) is 0 Å². The van der Waals surface area contributed by atoms with Gasteiger partial charge in [0.25, 0.3) is 5.91 Å². The summed E-state index contributed by atoms with van der Waals surface area (Å²) < 4.78 is 0. The number of rotatable bonds is 2. The molecule has 98 valence electrons. The van der Waals surface area contributed by atoms with Gasteiger partial charge in [-0.25, -0.2) is 0 Å². The highest BCUT2D eigenvalue weighted by atomic mass is 35.5. The minimum Gasteiger partial charge on any atom is -0.390 e. The number of aliphatic hydroxyl groups excluding tert-OH is 1. The molecule has 0 radical (unpaired) electrons. The van der Waals surface area contributed by atoms with Crippen molar-refractivity contribution in [2.24, 2.45) is 0 Å². The van der Waals surface area contributed by atoms with Gasteiger partial charge in [-0.05, 0) is 22.6 Å². The molecule has 0 saturated carbocycles. The Balaban J connectivity index is 1.84. The van der Waals surface area contributed by atoms with E-state index in [0.29, 0.717) is 16.3 Å². The van der Waals surface area contributed by atoms with Crippen LogP contribution >= 0.6 is 22.9 Å². The van der Waals surface area contributed by atoms with Crippen LogP contribution in [0.2, 0.25) is 5.02 Å². The predicted octanol–water partition coefficient (Wildman–Crippen LogP) is 2.79. The first kappa shape index (κ1) is 12.7. The van der Waals surface area contributed by atoms with Crippen molar-refractivity contribution in [3.8, 4) is 0 Å². The van der Waals surface area contributed by atoms with E-state index in [2.05, 4.69) is 5.32 Å². The maximum atomic E-state index is 12.1. The highest BCUT2D eigenvalue weighted by molar-refractivity contribution is 7.12. The summed E-state index contributed by atoms with van der Waals surface area (Å²) in [6.07, 6.45) is -0.0145. The Hall–Kier alpha value is -1.36. The summed E-state index contributed by atoms with van der Waals surface area (Å²) in [4.78, 5) is 12.6. The van der Waals surface area contributed by atoms with Crippen molar-refractivity contribution < 1.29 is 9.90 Å². The Morgan fingerprint density at radius 3 is 2.89 bits per heavy atom. The first-order chi connectivity index (χ1) is 9.16. The number of hydrogen-bond donors (Lipinski definition) is 2. The number of carbonyl (C=O) groups is 1. The number of fused-ring (bicyclic) bond motifs is 1. The van der Waals surface area contributed by atoms with Crippen molar-refractivity contribution in [2.45, 2.75) is 18.6 Å². The lowest BCUT2D eigenvalue weighted by atomic mass is 10.1. The fourth-order valence-electron chi connectivity index (χ4n) is 2.41. The summed E-state index contributed by atoms with van der Waals surface area (Å²) in [7, 11) is 0. The van der Waals surface area contributed by atoms with Gasteiger partial charge in [-0.15, -0.1) is 11.3 Å². The fourth-order valence-corrected chi connectivity index (χ4v) is 3.45. The van der Waals surface area contributed by atoms with E-state index in [4.69, 9.17) is 11.6 Å². The van der Waals surface area contributed by atoms with Gasteiger partial charge in [-0.1, -0.05) is 35.9 Å². The molecular formula is C14H12ClNO2S. The smallest absolute Gasteiger partial charge is 0.263 e. The number of amides is 1. The highest BCUT2D eigenvalue weighted by Crippen LogP contribution is 2.32. The van der Waals surface area contributed by atoms with Gasteiger partial charge in [0.2, 0.25) is 0 Å². The first-order valence-corrected chi connectivity index (χ1v) is 7.22. The Labute approximate surface area is 119 Å². The van der Waals surface area contributed by atoms with Gasteiger partial charge < -0.3 is 10.4 Å². The van der Waals surface area contributed by atoms with E-state index in [0.717, 1.165) is 11.1 Å². The van der Waals surface area contributed by atoms with Gasteiger partial charge in [0, 0.05) is 6.42 Å². The van der Waals surface area contributed by atoms with E-state index in [-0.39, 0.29) is 11.9 Å². The molecule has 3 nitrogen and oxygen atoms in total. The number of halogens is 1. The molecule has 1 aliphatic rings. The molecule has 2 N–H and O–H groups in total. The van der Waals surface area contributed by atoms with Gasteiger partial charge >= 0.3 is 0 Å². The second kappa shape index (κ2) is 4.96. The highest BCUT2D eigenvalue weighted by Gasteiger charge is 2.32. The number of carbonyl (C=O) groups excluding carboxylic acids is 1. The van der Waals surface area contributed by atoms with E-state index < -0.39 is 6.10 Å². The molecule has 19 heavy (non-hydrogen) atoms. The van der Waals surface area contributed by atoms with Crippen molar-refractivity contribution in [1.82, 2.24) is 5.32 Å². The Morgan fingerprint density at radius 1 is 1.37 bits per heavy atom. The molecule has 0 aliphatic heterocycles. The summed E-state index contributed by atoms with van der Waals surface area (Å²) in [6.45, 7) is 0. The van der Waals surface area contributed by atoms with Crippen LogP contribution in [-0.4, -0.2) is 17.1 Å². The summed E-state index contributed by atoms with van der Waals surface area (Å²) in [6, 6.07) is 9.09. The lowest BCUT2D eigenvalue weighted by Gasteiger charge is -2.17. The van der Waals surface area contributed by atoms with Crippen LogP contribution in [-0.2, 0) is 6.42 Å². The minimum absolute atomic E-state index is 0.235. The van der Waals surface area contributed by atoms with Crippen LogP contribution in [0.5, 0.6) is 0 Å². The van der Waals surface area contributed by atoms with Gasteiger partial charge in [0.1, 0.15) is 4.88 Å². The van der Waals surface area contributed by atoms with Crippen LogP contribution < -0.4 is 5.32 Å². The van der Waals surface area contributed by atoms with Crippen molar-refractivity contribution in [2.75, 3.05) is 0 Å². The topological polar surface area (TPSA) is 49.3 Å². The molecule has 0 unspecified atom stereocenters. The predicted molar refractivity (Wildman–Crippen MR) is 75.7 cm³/mol. The monoisotopic (exact) mass is 293 g/mol. The van der Waals surface area contributed by atoms with E-state index >= 15 is 0 Å². The fraction of sp³-hybridized carbons (Fsp3) is 0.214. The Kier molecular flexibility index (Phi) is 3.31. The summed E-state index contributed by atoms with van der Waals surface area (Å²) in [5.74, 6) is -0.235. The van der Waals surface area contributed by atoms with Crippen LogP contribution in [0.3, 0.4) is 0 Å². The maximum absolute atomic E-state index is 12.1. The molecule has 0 spiro atoms. The molecular weight excluding hydrogens is 282 g/mol. The average molecular weight is 294 g/mol. The molecule has 0 saturated heterocycles. The average Bonchev–Trinajstić information content (AvgIpc) is 2.94. The minimum atomic E-state index is -0.583. The largest absolute Gasteiger partial charge is 0.390 e. The summed E-state index contributed by atoms with van der Waals surface area (Å²) in [5.41, 5.74) is 2.06. The summed E-state index contributed by atoms with van der Waals surface area (Å²) >= 11 is 7.24. The molecule has 5 heteroatoms. The number of benzene rings is 1. The molecule has 1 amide bonds. The van der Waals surface area contributed by atoms with Crippen molar-refractivity contribution in [3.63, 3.8) is 0 Å². The number of hydrogen-bond acceptors (Lipinski definition) is 3. The van der Waals surface area contributed by atoms with Gasteiger partial charge in [0.15, 0.2) is 0 Å². The van der Waals surface area contributed by atoms with Crippen LogP contribution in [0.1, 0.15) is 26.8 Å².